The summed E-state index contributed by atoms with van der Waals surface area (Å²) in [5.41, 5.74) is 9.27. The molecule has 1 heterocycles. The SMILES string of the molecule is Nc1cc(Br)ccc1C(=O)NCc1cscn1. The number of carbonyl (C=O) groups excluding carboxylic acids is 1. The largest absolute Gasteiger partial charge is 0.398 e. The number of hydrogen-bond acceptors (Lipinski definition) is 4. The van der Waals surface area contributed by atoms with Gasteiger partial charge in [0.05, 0.1) is 23.3 Å². The summed E-state index contributed by atoms with van der Waals surface area (Å²) in [7, 11) is 0. The van der Waals surface area contributed by atoms with Gasteiger partial charge in [-0.3, -0.25) is 4.79 Å². The Morgan fingerprint density at radius 1 is 1.53 bits per heavy atom. The van der Waals surface area contributed by atoms with E-state index in [1.807, 2.05) is 5.38 Å². The lowest BCUT2D eigenvalue weighted by atomic mass is 10.1. The number of aromatic nitrogens is 1. The minimum Gasteiger partial charge on any atom is -0.398 e. The van der Waals surface area contributed by atoms with Crippen molar-refractivity contribution in [1.29, 1.82) is 0 Å². The molecule has 0 saturated carbocycles. The fourth-order valence-electron chi connectivity index (χ4n) is 1.33. The molecule has 6 heteroatoms. The van der Waals surface area contributed by atoms with Crippen LogP contribution in [0.4, 0.5) is 5.69 Å². The molecule has 0 aliphatic rings. The fraction of sp³-hybridized carbons (Fsp3) is 0.0909. The minimum absolute atomic E-state index is 0.192. The summed E-state index contributed by atoms with van der Waals surface area (Å²) < 4.78 is 0.853. The summed E-state index contributed by atoms with van der Waals surface area (Å²) in [4.78, 5) is 15.9. The maximum atomic E-state index is 11.8. The molecule has 0 saturated heterocycles. The summed E-state index contributed by atoms with van der Waals surface area (Å²) in [6.45, 7) is 0.415. The second kappa shape index (κ2) is 5.29. The van der Waals surface area contributed by atoms with Gasteiger partial charge in [-0.05, 0) is 18.2 Å². The first-order valence-electron chi connectivity index (χ1n) is 4.87. The normalized spacial score (nSPS) is 10.2. The summed E-state index contributed by atoms with van der Waals surface area (Å²) in [6.07, 6.45) is 0. The molecule has 88 valence electrons. The third-order valence-corrected chi connectivity index (χ3v) is 3.30. The zero-order valence-electron chi connectivity index (χ0n) is 8.81. The van der Waals surface area contributed by atoms with Crippen LogP contribution < -0.4 is 11.1 Å². The number of carbonyl (C=O) groups is 1. The van der Waals surface area contributed by atoms with Crippen molar-refractivity contribution in [3.63, 3.8) is 0 Å². The third kappa shape index (κ3) is 3.04. The van der Waals surface area contributed by atoms with Gasteiger partial charge in [0.25, 0.3) is 5.91 Å². The van der Waals surface area contributed by atoms with Gasteiger partial charge < -0.3 is 11.1 Å². The third-order valence-electron chi connectivity index (χ3n) is 2.17. The van der Waals surface area contributed by atoms with Crippen LogP contribution in [-0.2, 0) is 6.54 Å². The molecular weight excluding hydrogens is 302 g/mol. The lowest BCUT2D eigenvalue weighted by molar-refractivity contribution is 0.0951. The quantitative estimate of drug-likeness (QED) is 0.855. The van der Waals surface area contributed by atoms with Crippen molar-refractivity contribution in [2.75, 3.05) is 5.73 Å². The van der Waals surface area contributed by atoms with Crippen molar-refractivity contribution in [3.05, 3.63) is 44.8 Å². The van der Waals surface area contributed by atoms with Crippen LogP contribution >= 0.6 is 27.3 Å². The van der Waals surface area contributed by atoms with Crippen molar-refractivity contribution in [1.82, 2.24) is 10.3 Å². The number of amides is 1. The predicted octanol–water partition coefficient (Wildman–Crippen LogP) is 2.42. The Hall–Kier alpha value is -1.40. The second-order valence-corrected chi connectivity index (χ2v) is 5.03. The molecule has 0 fully saturated rings. The highest BCUT2D eigenvalue weighted by Crippen LogP contribution is 2.18. The molecule has 1 aromatic heterocycles. The molecule has 0 radical (unpaired) electrons. The number of rotatable bonds is 3. The Bertz CT molecular complexity index is 528. The van der Waals surface area contributed by atoms with Gasteiger partial charge in [0.1, 0.15) is 0 Å². The molecule has 4 nitrogen and oxygen atoms in total. The van der Waals surface area contributed by atoms with E-state index in [9.17, 15) is 4.79 Å². The molecule has 0 atom stereocenters. The van der Waals surface area contributed by atoms with Gasteiger partial charge in [0, 0.05) is 15.5 Å². The highest BCUT2D eigenvalue weighted by Gasteiger charge is 2.09. The minimum atomic E-state index is -0.192. The number of thiazole rings is 1. The van der Waals surface area contributed by atoms with Crippen LogP contribution in [0, 0.1) is 0 Å². The zero-order valence-corrected chi connectivity index (χ0v) is 11.2. The highest BCUT2D eigenvalue weighted by atomic mass is 79.9. The molecule has 0 aliphatic heterocycles. The van der Waals surface area contributed by atoms with Gasteiger partial charge in [0.2, 0.25) is 0 Å². The van der Waals surface area contributed by atoms with Crippen molar-refractivity contribution in [3.8, 4) is 0 Å². The number of nitrogen functional groups attached to an aromatic ring is 1. The smallest absolute Gasteiger partial charge is 0.253 e. The Morgan fingerprint density at radius 3 is 3.00 bits per heavy atom. The molecule has 2 aromatic rings. The first-order valence-corrected chi connectivity index (χ1v) is 6.60. The van der Waals surface area contributed by atoms with Crippen LogP contribution in [-0.4, -0.2) is 10.9 Å². The number of anilines is 1. The van der Waals surface area contributed by atoms with Crippen LogP contribution in [0.15, 0.2) is 33.6 Å². The topological polar surface area (TPSA) is 68.0 Å². The molecule has 1 amide bonds. The molecule has 0 aliphatic carbocycles. The van der Waals surface area contributed by atoms with E-state index >= 15 is 0 Å². The molecular formula is C11H10BrN3OS. The molecule has 2 rings (SSSR count). The summed E-state index contributed by atoms with van der Waals surface area (Å²) in [6, 6.07) is 5.18. The van der Waals surface area contributed by atoms with Crippen LogP contribution in [0.5, 0.6) is 0 Å². The van der Waals surface area contributed by atoms with E-state index in [1.54, 1.807) is 23.7 Å². The van der Waals surface area contributed by atoms with Gasteiger partial charge in [-0.2, -0.15) is 0 Å². The van der Waals surface area contributed by atoms with Crippen molar-refractivity contribution >= 4 is 38.9 Å². The second-order valence-electron chi connectivity index (χ2n) is 3.39. The summed E-state index contributed by atoms with van der Waals surface area (Å²) >= 11 is 4.79. The van der Waals surface area contributed by atoms with E-state index in [0.717, 1.165) is 10.2 Å². The first kappa shape index (κ1) is 12.1. The van der Waals surface area contributed by atoms with E-state index < -0.39 is 0 Å². The molecule has 1 aromatic carbocycles. The number of halogens is 1. The maximum Gasteiger partial charge on any atom is 0.253 e. The van der Waals surface area contributed by atoms with Crippen LogP contribution in [0.1, 0.15) is 16.1 Å². The van der Waals surface area contributed by atoms with Crippen molar-refractivity contribution in [2.45, 2.75) is 6.54 Å². The standard InChI is InChI=1S/C11H10BrN3OS/c12-7-1-2-9(10(13)3-7)11(16)14-4-8-5-17-6-15-8/h1-3,5-6H,4,13H2,(H,14,16). The van der Waals surface area contributed by atoms with E-state index in [2.05, 4.69) is 26.2 Å². The average molecular weight is 312 g/mol. The fourth-order valence-corrected chi connectivity index (χ4v) is 2.27. The van der Waals surface area contributed by atoms with E-state index in [4.69, 9.17) is 5.73 Å². The maximum absolute atomic E-state index is 11.8. The number of nitrogens with two attached hydrogens (primary N) is 1. The monoisotopic (exact) mass is 311 g/mol. The van der Waals surface area contributed by atoms with Gasteiger partial charge >= 0.3 is 0 Å². The van der Waals surface area contributed by atoms with Gasteiger partial charge in [0.15, 0.2) is 0 Å². The molecule has 3 N–H and O–H groups in total. The predicted molar refractivity (Wildman–Crippen MR) is 71.8 cm³/mol. The van der Waals surface area contributed by atoms with Gasteiger partial charge in [-0.25, -0.2) is 4.98 Å². The first-order chi connectivity index (χ1) is 8.16. The average Bonchev–Trinajstić information content (AvgIpc) is 2.78. The molecule has 0 spiro atoms. The van der Waals surface area contributed by atoms with Gasteiger partial charge in [-0.15, -0.1) is 11.3 Å². The number of hydrogen-bond donors (Lipinski definition) is 2. The Kier molecular flexibility index (Phi) is 3.75. The summed E-state index contributed by atoms with van der Waals surface area (Å²) in [5, 5.41) is 4.67. The van der Waals surface area contributed by atoms with Crippen LogP contribution in [0.2, 0.25) is 0 Å². The van der Waals surface area contributed by atoms with Crippen LogP contribution in [0.25, 0.3) is 0 Å². The Labute approximate surface area is 111 Å². The van der Waals surface area contributed by atoms with Crippen LogP contribution in [0.3, 0.4) is 0 Å². The zero-order chi connectivity index (χ0) is 12.3. The van der Waals surface area contributed by atoms with Crippen molar-refractivity contribution in [2.24, 2.45) is 0 Å². The van der Waals surface area contributed by atoms with E-state index in [-0.39, 0.29) is 5.91 Å². The molecule has 17 heavy (non-hydrogen) atoms. The number of nitrogens with zero attached hydrogens (tertiary/aromatic N) is 1. The van der Waals surface area contributed by atoms with Crippen molar-refractivity contribution < 1.29 is 4.79 Å². The van der Waals surface area contributed by atoms with E-state index in [0.29, 0.717) is 17.8 Å². The highest BCUT2D eigenvalue weighted by molar-refractivity contribution is 9.10. The number of nitrogens with one attached hydrogen (secondary N) is 1. The lowest BCUT2D eigenvalue weighted by Gasteiger charge is -2.06. The van der Waals surface area contributed by atoms with Gasteiger partial charge in [-0.1, -0.05) is 15.9 Å². The molecule has 0 unspecified atom stereocenters. The lowest BCUT2D eigenvalue weighted by Crippen LogP contribution is -2.23. The summed E-state index contributed by atoms with van der Waals surface area (Å²) in [5.74, 6) is -0.192. The molecule has 0 bridgehead atoms. The van der Waals surface area contributed by atoms with E-state index in [1.165, 1.54) is 11.3 Å². The Morgan fingerprint density at radius 2 is 2.35 bits per heavy atom. The number of benzene rings is 1. The Balaban J connectivity index is 2.04.